The van der Waals surface area contributed by atoms with E-state index in [0.29, 0.717) is 69.9 Å². The fraction of sp³-hybridized carbons (Fsp3) is 0. The number of nitrogens with zero attached hydrogens (tertiary/aromatic N) is 3. The van der Waals surface area contributed by atoms with Crippen LogP contribution in [0.1, 0.15) is 21.9 Å². The first-order valence-corrected chi connectivity index (χ1v) is 18.4. The van der Waals surface area contributed by atoms with Gasteiger partial charge in [0.25, 0.3) is 0 Å². The van der Waals surface area contributed by atoms with Gasteiger partial charge in [-0.1, -0.05) is 127 Å². The predicted octanol–water partition coefficient (Wildman–Crippen LogP) is 14.4. The summed E-state index contributed by atoms with van der Waals surface area (Å²) in [7, 11) is 0. The Hall–Kier alpha value is -7.41. The minimum atomic E-state index is -0.663. The number of hydrogen-bond acceptors (Lipinski definition) is 6. The van der Waals surface area contributed by atoms with Crippen LogP contribution in [-0.4, -0.2) is 15.0 Å². The molecule has 6 heteroatoms. The van der Waals surface area contributed by atoms with E-state index in [9.17, 15) is 1.37 Å². The number of hydrogen-bond donors (Lipinski definition) is 0. The molecule has 4 aromatic heterocycles. The molecule has 0 saturated heterocycles. The molecular formula is C51H29N3O2S. The zero-order valence-electron chi connectivity index (χ0n) is 45.1. The normalized spacial score (nSPS) is 15.8. The summed E-state index contributed by atoms with van der Waals surface area (Å²) in [5.41, 5.74) is 3.49. The summed E-state index contributed by atoms with van der Waals surface area (Å²) in [5.74, 6) is -0.974. The average Bonchev–Trinajstić information content (AvgIpc) is 4.10. The molecular weight excluding hydrogens is 719 g/mol. The summed E-state index contributed by atoms with van der Waals surface area (Å²) in [6.07, 6.45) is 0. The monoisotopic (exact) mass is 763 g/mol. The van der Waals surface area contributed by atoms with E-state index >= 15 is 0 Å². The van der Waals surface area contributed by atoms with Gasteiger partial charge in [-0.05, 0) is 65.2 Å². The maximum Gasteiger partial charge on any atom is 0.167 e. The van der Waals surface area contributed by atoms with Gasteiger partial charge in [-0.15, -0.1) is 11.3 Å². The molecule has 4 heterocycles. The molecule has 266 valence electrons. The highest BCUT2D eigenvalue weighted by Gasteiger charge is 2.21. The molecule has 0 bridgehead atoms. The summed E-state index contributed by atoms with van der Waals surface area (Å²) < 4.78 is 151. The van der Waals surface area contributed by atoms with E-state index in [1.54, 1.807) is 30.3 Å². The predicted molar refractivity (Wildman–Crippen MR) is 234 cm³/mol. The van der Waals surface area contributed by atoms with Crippen molar-refractivity contribution in [3.63, 3.8) is 0 Å². The lowest BCUT2D eigenvalue weighted by Gasteiger charge is -2.09. The maximum atomic E-state index is 9.28. The number of aromatic nitrogens is 3. The fourth-order valence-electron chi connectivity index (χ4n) is 7.38. The van der Waals surface area contributed by atoms with Crippen molar-refractivity contribution in [3.05, 3.63) is 176 Å². The van der Waals surface area contributed by atoms with Crippen molar-refractivity contribution in [3.8, 4) is 56.4 Å². The molecule has 0 aliphatic carbocycles. The SMILES string of the molecule is [2H]c1c([2H])c([2H])c(-c2nc(-c3c([2H])c([2H])c([2H])c([2H])c3[2H])nc(-c3cccc4c3oc3ccc(-c5ccc(-c6cc7c(sc8c([2H])c([2H])c([2H])c([2H])c87)c([2H])c6[2H])c6c5oc5ccccc56)cc34)n2)c([2H])c1[2H]. The second kappa shape index (κ2) is 12.6. The Morgan fingerprint density at radius 3 is 1.88 bits per heavy atom. The third kappa shape index (κ3) is 5.12. The zero-order chi connectivity index (χ0) is 51.4. The Labute approximate surface area is 352 Å². The first-order valence-electron chi connectivity index (χ1n) is 25.6. The van der Waals surface area contributed by atoms with Crippen LogP contribution in [0, 0.1) is 0 Å². The molecule has 0 radical (unpaired) electrons. The smallest absolute Gasteiger partial charge is 0.167 e. The van der Waals surface area contributed by atoms with Gasteiger partial charge in [-0.2, -0.15) is 0 Å². The minimum absolute atomic E-state index is 0.0882. The van der Waals surface area contributed by atoms with Crippen LogP contribution in [-0.2, 0) is 0 Å². The van der Waals surface area contributed by atoms with Gasteiger partial charge in [-0.25, -0.2) is 15.0 Å². The van der Waals surface area contributed by atoms with Crippen molar-refractivity contribution >= 4 is 75.4 Å². The van der Waals surface area contributed by atoms with Gasteiger partial charge in [-0.3, -0.25) is 0 Å². The molecule has 8 aromatic carbocycles. The Morgan fingerprint density at radius 2 is 1.05 bits per heavy atom. The van der Waals surface area contributed by atoms with Crippen molar-refractivity contribution in [1.29, 1.82) is 0 Å². The lowest BCUT2D eigenvalue weighted by Crippen LogP contribution is -2.00. The second-order valence-electron chi connectivity index (χ2n) is 13.1. The molecule has 0 amide bonds. The van der Waals surface area contributed by atoms with Crippen LogP contribution in [0.5, 0.6) is 0 Å². The summed E-state index contributed by atoms with van der Waals surface area (Å²) >= 11 is 1.07. The summed E-state index contributed by atoms with van der Waals surface area (Å²) in [6.45, 7) is 0. The minimum Gasteiger partial charge on any atom is -0.455 e. The average molecular weight is 764 g/mol. The van der Waals surface area contributed by atoms with Crippen LogP contribution in [0.2, 0.25) is 0 Å². The van der Waals surface area contributed by atoms with E-state index in [1.807, 2.05) is 48.5 Å². The lowest BCUT2D eigenvalue weighted by atomic mass is 9.93. The highest BCUT2D eigenvalue weighted by atomic mass is 32.1. The van der Waals surface area contributed by atoms with Crippen LogP contribution in [0.25, 0.3) is 120 Å². The molecule has 0 saturated carbocycles. The maximum absolute atomic E-state index is 9.28. The summed E-state index contributed by atoms with van der Waals surface area (Å²) in [4.78, 5) is 13.6. The quantitative estimate of drug-likeness (QED) is 0.175. The van der Waals surface area contributed by atoms with Crippen LogP contribution in [0.4, 0.5) is 0 Å². The van der Waals surface area contributed by atoms with Gasteiger partial charge in [0.05, 0.1) is 27.5 Å². The summed E-state index contributed by atoms with van der Waals surface area (Å²) in [5, 5.41) is 3.34. The zero-order valence-corrected chi connectivity index (χ0v) is 29.9. The van der Waals surface area contributed by atoms with E-state index in [1.165, 1.54) is 0 Å². The summed E-state index contributed by atoms with van der Waals surface area (Å²) in [6, 6.07) is 15.6. The number of para-hydroxylation sites is 2. The van der Waals surface area contributed by atoms with Crippen molar-refractivity contribution in [1.82, 2.24) is 15.0 Å². The standard InChI is InChI=1S/C51H29N3O2S/c1-3-12-30(13-4-1)49-52-50(31-14-5-2-6-15-31)54-51(53-49)39-19-11-18-37-40-28-33(22-26-43(40)55-47(37)39)35-25-24-34(46-38-17-7-9-20-42(38)56-48(35)46)32-23-27-45-41(29-32)36-16-8-10-21-44(36)57-45/h1-29H/i1D,2D,3D,4D,5D,6D,8D,10D,12D,13D,14D,15D,16D,21D,23D,27D. The number of fused-ring (bicyclic) bond motifs is 9. The van der Waals surface area contributed by atoms with Gasteiger partial charge < -0.3 is 8.83 Å². The van der Waals surface area contributed by atoms with E-state index in [2.05, 4.69) is 15.0 Å². The molecule has 0 aliphatic rings. The van der Waals surface area contributed by atoms with Crippen LogP contribution in [0.3, 0.4) is 0 Å². The van der Waals surface area contributed by atoms with Crippen LogP contribution < -0.4 is 0 Å². The van der Waals surface area contributed by atoms with E-state index in [-0.39, 0.29) is 58.6 Å². The molecule has 0 aliphatic heterocycles. The molecule has 0 unspecified atom stereocenters. The van der Waals surface area contributed by atoms with Gasteiger partial charge >= 0.3 is 0 Å². The second-order valence-corrected chi connectivity index (χ2v) is 14.1. The number of thiophene rings is 1. The molecule has 12 rings (SSSR count). The highest BCUT2D eigenvalue weighted by molar-refractivity contribution is 7.25. The topological polar surface area (TPSA) is 65.0 Å². The lowest BCUT2D eigenvalue weighted by molar-refractivity contribution is 0.668. The third-order valence-electron chi connectivity index (χ3n) is 9.92. The van der Waals surface area contributed by atoms with Crippen molar-refractivity contribution in [2.45, 2.75) is 0 Å². The molecule has 12 aromatic rings. The molecule has 5 nitrogen and oxygen atoms in total. The Morgan fingerprint density at radius 1 is 0.404 bits per heavy atom. The third-order valence-corrected chi connectivity index (χ3v) is 11.0. The Balaban J connectivity index is 1.06. The Kier molecular flexibility index (Phi) is 4.40. The Bertz CT molecular complexity index is 4350. The van der Waals surface area contributed by atoms with E-state index in [0.717, 1.165) is 16.7 Å². The van der Waals surface area contributed by atoms with Crippen molar-refractivity contribution in [2.75, 3.05) is 0 Å². The molecule has 0 spiro atoms. The van der Waals surface area contributed by atoms with Crippen LogP contribution >= 0.6 is 11.3 Å². The van der Waals surface area contributed by atoms with Crippen molar-refractivity contribution in [2.24, 2.45) is 0 Å². The van der Waals surface area contributed by atoms with E-state index in [4.69, 9.17) is 29.4 Å². The molecule has 0 atom stereocenters. The van der Waals surface area contributed by atoms with E-state index < -0.39 is 83.2 Å². The van der Waals surface area contributed by atoms with Gasteiger partial charge in [0.1, 0.15) is 22.3 Å². The number of rotatable bonds is 5. The largest absolute Gasteiger partial charge is 0.455 e. The van der Waals surface area contributed by atoms with Gasteiger partial charge in [0.15, 0.2) is 17.5 Å². The van der Waals surface area contributed by atoms with Gasteiger partial charge in [0.2, 0.25) is 0 Å². The number of furan rings is 2. The molecule has 57 heavy (non-hydrogen) atoms. The first kappa shape index (κ1) is 20.0. The van der Waals surface area contributed by atoms with Crippen LogP contribution in [0.15, 0.2) is 184 Å². The molecule has 0 N–H and O–H groups in total. The number of benzene rings is 8. The highest BCUT2D eigenvalue weighted by Crippen LogP contribution is 2.45. The first-order chi connectivity index (χ1) is 34.9. The van der Waals surface area contributed by atoms with Gasteiger partial charge in [0, 0.05) is 58.4 Å². The van der Waals surface area contributed by atoms with Crippen molar-refractivity contribution < 1.29 is 30.8 Å². The molecule has 0 fully saturated rings. The fourth-order valence-corrected chi connectivity index (χ4v) is 8.33.